The van der Waals surface area contributed by atoms with Crippen LogP contribution in [0.1, 0.15) is 22.7 Å². The van der Waals surface area contributed by atoms with Crippen LogP contribution in [0.2, 0.25) is 0 Å². The van der Waals surface area contributed by atoms with Gasteiger partial charge in [0.25, 0.3) is 0 Å². The third-order valence-corrected chi connectivity index (χ3v) is 4.12. The summed E-state index contributed by atoms with van der Waals surface area (Å²) in [6.45, 7) is 3.37. The van der Waals surface area contributed by atoms with E-state index < -0.39 is 12.7 Å². The molecular formula is C21H23F4N3Y-2. The molecule has 2 aromatic carbocycles. The Balaban J connectivity index is 0.000000310. The van der Waals surface area contributed by atoms with Crippen LogP contribution < -0.4 is 5.32 Å². The number of benzene rings is 2. The fourth-order valence-corrected chi connectivity index (χ4v) is 2.84. The SMILES string of the molecule is C=C(C[N-]C)NCC(F)(F)F.Fc1ccc([C@@H]2[N-]CCc3ccccc32)cc1.[Y]. The molecule has 0 saturated heterocycles. The predicted octanol–water partition coefficient (Wildman–Crippen LogP) is 5.50. The van der Waals surface area contributed by atoms with Crippen molar-refractivity contribution < 1.29 is 50.3 Å². The minimum Gasteiger partial charge on any atom is -0.660 e. The summed E-state index contributed by atoms with van der Waals surface area (Å²) < 4.78 is 47.5. The van der Waals surface area contributed by atoms with Crippen molar-refractivity contribution in [3.63, 3.8) is 0 Å². The largest absolute Gasteiger partial charge is 0.660 e. The van der Waals surface area contributed by atoms with Crippen molar-refractivity contribution in [2.24, 2.45) is 0 Å². The molecule has 0 fully saturated rings. The Kier molecular flexibility index (Phi) is 11.0. The first kappa shape index (κ1) is 25.8. The van der Waals surface area contributed by atoms with Crippen molar-refractivity contribution in [3.05, 3.63) is 93.9 Å². The maximum absolute atomic E-state index is 12.9. The molecule has 29 heavy (non-hydrogen) atoms. The van der Waals surface area contributed by atoms with Gasteiger partial charge in [0, 0.05) is 32.7 Å². The number of likely N-dealkylation sites (N-methyl/N-ethyl adjacent to an activating group) is 1. The third kappa shape index (κ3) is 8.95. The van der Waals surface area contributed by atoms with E-state index in [0.717, 1.165) is 18.5 Å². The number of alkyl halides is 3. The van der Waals surface area contributed by atoms with Crippen molar-refractivity contribution in [1.82, 2.24) is 5.32 Å². The van der Waals surface area contributed by atoms with Gasteiger partial charge in [-0.2, -0.15) is 20.2 Å². The van der Waals surface area contributed by atoms with Gasteiger partial charge in [0.05, 0.1) is 0 Å². The molecule has 1 aliphatic heterocycles. The van der Waals surface area contributed by atoms with Gasteiger partial charge in [-0.05, 0) is 29.8 Å². The molecule has 3 rings (SSSR count). The Morgan fingerprint density at radius 1 is 1.17 bits per heavy atom. The number of nitrogens with one attached hydrogen (secondary N) is 1. The van der Waals surface area contributed by atoms with Crippen molar-refractivity contribution in [2.75, 3.05) is 26.7 Å². The smallest absolute Gasteiger partial charge is 0.405 e. The van der Waals surface area contributed by atoms with Crippen LogP contribution in [0.15, 0.2) is 60.8 Å². The quantitative estimate of drug-likeness (QED) is 0.562. The predicted molar refractivity (Wildman–Crippen MR) is 104 cm³/mol. The molecule has 1 atom stereocenters. The summed E-state index contributed by atoms with van der Waals surface area (Å²) in [6, 6.07) is 15.1. The number of fused-ring (bicyclic) bond motifs is 1. The monoisotopic (exact) mass is 482 g/mol. The van der Waals surface area contributed by atoms with E-state index in [2.05, 4.69) is 40.7 Å². The molecule has 8 heteroatoms. The number of nitrogens with zero attached hydrogens (tertiary/aromatic N) is 2. The molecule has 2 aromatic rings. The molecule has 1 radical (unpaired) electrons. The summed E-state index contributed by atoms with van der Waals surface area (Å²) in [5, 5.41) is 10.4. The van der Waals surface area contributed by atoms with Crippen LogP contribution >= 0.6 is 0 Å². The van der Waals surface area contributed by atoms with Crippen LogP contribution in [0.3, 0.4) is 0 Å². The maximum Gasteiger partial charge on any atom is 0.405 e. The molecular weight excluding hydrogens is 459 g/mol. The van der Waals surface area contributed by atoms with E-state index in [-0.39, 0.29) is 56.8 Å². The fraction of sp³-hybridized carbons (Fsp3) is 0.333. The molecule has 0 amide bonds. The molecule has 0 bridgehead atoms. The second kappa shape index (κ2) is 12.4. The Bertz CT molecular complexity index is 763. The third-order valence-electron chi connectivity index (χ3n) is 4.12. The number of hydrogen-bond acceptors (Lipinski definition) is 1. The summed E-state index contributed by atoms with van der Waals surface area (Å²) >= 11 is 0. The molecule has 1 heterocycles. The van der Waals surface area contributed by atoms with Gasteiger partial charge in [0.15, 0.2) is 0 Å². The van der Waals surface area contributed by atoms with E-state index in [1.54, 1.807) is 0 Å². The topological polar surface area (TPSA) is 40.2 Å². The van der Waals surface area contributed by atoms with E-state index in [9.17, 15) is 17.6 Å². The average Bonchev–Trinajstić information content (AvgIpc) is 2.67. The first-order valence-electron chi connectivity index (χ1n) is 8.84. The van der Waals surface area contributed by atoms with E-state index in [4.69, 9.17) is 0 Å². The van der Waals surface area contributed by atoms with Gasteiger partial charge in [-0.3, -0.25) is 0 Å². The Labute approximate surface area is 194 Å². The fourth-order valence-electron chi connectivity index (χ4n) is 2.84. The van der Waals surface area contributed by atoms with Crippen molar-refractivity contribution in [3.8, 4) is 0 Å². The maximum atomic E-state index is 12.9. The van der Waals surface area contributed by atoms with Gasteiger partial charge in [-0.1, -0.05) is 60.1 Å². The van der Waals surface area contributed by atoms with Crippen LogP contribution in [-0.2, 0) is 39.1 Å². The molecule has 3 nitrogen and oxygen atoms in total. The Hall–Kier alpha value is -1.28. The van der Waals surface area contributed by atoms with Crippen molar-refractivity contribution in [1.29, 1.82) is 0 Å². The van der Waals surface area contributed by atoms with Gasteiger partial charge in [-0.25, -0.2) is 4.39 Å². The van der Waals surface area contributed by atoms with Gasteiger partial charge < -0.3 is 16.0 Å². The first-order chi connectivity index (χ1) is 13.3. The zero-order chi connectivity index (χ0) is 20.6. The molecule has 0 spiro atoms. The van der Waals surface area contributed by atoms with E-state index in [0.29, 0.717) is 0 Å². The average molecular weight is 482 g/mol. The molecule has 1 N–H and O–H groups in total. The second-order valence-corrected chi connectivity index (χ2v) is 6.36. The minimum atomic E-state index is -4.18. The second-order valence-electron chi connectivity index (χ2n) is 6.36. The van der Waals surface area contributed by atoms with Crippen LogP contribution in [0.4, 0.5) is 17.6 Å². The number of rotatable bonds is 5. The standard InChI is InChI=1S/C15H13FN.C6H10F3N2.Y/c16-13-7-5-12(6-8-13)15-14-4-2-1-3-11(14)9-10-17-15;1-5(3-10-2)11-4-6(7,8)9;/h1-8,15H,9-10H2;11H,1,3-4H2,2H3;/q2*-1;/t15-;;/m0../s1. The van der Waals surface area contributed by atoms with Crippen LogP contribution in [0.5, 0.6) is 0 Å². The molecule has 0 aromatic heterocycles. The summed E-state index contributed by atoms with van der Waals surface area (Å²) in [7, 11) is 1.51. The summed E-state index contributed by atoms with van der Waals surface area (Å²) in [5.74, 6) is -0.196. The molecule has 0 unspecified atom stereocenters. The minimum absolute atomic E-state index is 0. The van der Waals surface area contributed by atoms with Crippen LogP contribution in [0.25, 0.3) is 10.6 Å². The zero-order valence-corrected chi connectivity index (χ0v) is 19.1. The molecule has 0 aliphatic carbocycles. The van der Waals surface area contributed by atoms with Gasteiger partial charge in [-0.15, -0.1) is 13.1 Å². The number of hydrogen-bond donors (Lipinski definition) is 1. The summed E-state index contributed by atoms with van der Waals surface area (Å²) in [4.78, 5) is 0. The normalized spacial score (nSPS) is 15.3. The van der Waals surface area contributed by atoms with Gasteiger partial charge in [0.1, 0.15) is 12.4 Å². The van der Waals surface area contributed by atoms with E-state index >= 15 is 0 Å². The molecule has 155 valence electrons. The zero-order valence-electron chi connectivity index (χ0n) is 16.2. The van der Waals surface area contributed by atoms with Crippen LogP contribution in [-0.4, -0.2) is 32.9 Å². The first-order valence-corrected chi connectivity index (χ1v) is 8.84. The Morgan fingerprint density at radius 3 is 2.45 bits per heavy atom. The van der Waals surface area contributed by atoms with Gasteiger partial charge >= 0.3 is 6.18 Å². The van der Waals surface area contributed by atoms with E-state index in [1.807, 2.05) is 18.2 Å². The van der Waals surface area contributed by atoms with E-state index in [1.165, 1.54) is 30.3 Å². The van der Waals surface area contributed by atoms with Gasteiger partial charge in [0.2, 0.25) is 0 Å². The van der Waals surface area contributed by atoms with Crippen LogP contribution in [0, 0.1) is 5.82 Å². The van der Waals surface area contributed by atoms with Crippen molar-refractivity contribution in [2.45, 2.75) is 18.6 Å². The van der Waals surface area contributed by atoms with Crippen molar-refractivity contribution >= 4 is 0 Å². The summed E-state index contributed by atoms with van der Waals surface area (Å²) in [6.07, 6.45) is -3.18. The molecule has 1 aliphatic rings. The summed E-state index contributed by atoms with van der Waals surface area (Å²) in [5.41, 5.74) is 3.96. The molecule has 0 saturated carbocycles. The number of halogens is 4. The Morgan fingerprint density at radius 2 is 1.83 bits per heavy atom.